The molecule has 0 heterocycles. The molecule has 0 spiro atoms. The molecule has 23 heavy (non-hydrogen) atoms. The van der Waals surface area contributed by atoms with E-state index in [-0.39, 0.29) is 5.82 Å². The lowest BCUT2D eigenvalue weighted by molar-refractivity contribution is 0.107. The third-order valence-electron chi connectivity index (χ3n) is 3.03. The molecule has 118 valence electrons. The van der Waals surface area contributed by atoms with E-state index in [0.29, 0.717) is 13.2 Å². The van der Waals surface area contributed by atoms with E-state index in [9.17, 15) is 4.39 Å². The average molecular weight is 373 g/mol. The Morgan fingerprint density at radius 3 is 1.48 bits per heavy atom. The SMILES string of the molecule is Fc1ccc(Br)cc1.c1ccc(COCc2ccccc2)cc1. The van der Waals surface area contributed by atoms with E-state index in [4.69, 9.17) is 4.74 Å². The smallest absolute Gasteiger partial charge is 0.123 e. The number of hydrogen-bond acceptors (Lipinski definition) is 1. The van der Waals surface area contributed by atoms with E-state index < -0.39 is 0 Å². The summed E-state index contributed by atoms with van der Waals surface area (Å²) >= 11 is 3.18. The Hall–Kier alpha value is -1.97. The van der Waals surface area contributed by atoms with Crippen LogP contribution in [0, 0.1) is 5.82 Å². The van der Waals surface area contributed by atoms with Gasteiger partial charge in [0.05, 0.1) is 13.2 Å². The summed E-state index contributed by atoms with van der Waals surface area (Å²) in [6.07, 6.45) is 0. The minimum Gasteiger partial charge on any atom is -0.372 e. The zero-order valence-electron chi connectivity index (χ0n) is 12.7. The number of ether oxygens (including phenoxy) is 1. The van der Waals surface area contributed by atoms with Gasteiger partial charge in [-0.2, -0.15) is 0 Å². The van der Waals surface area contributed by atoms with Crippen LogP contribution >= 0.6 is 15.9 Å². The van der Waals surface area contributed by atoms with Gasteiger partial charge in [0.2, 0.25) is 0 Å². The molecule has 0 aliphatic rings. The van der Waals surface area contributed by atoms with Crippen molar-refractivity contribution in [1.82, 2.24) is 0 Å². The van der Waals surface area contributed by atoms with Gasteiger partial charge in [-0.3, -0.25) is 0 Å². The molecule has 1 nitrogen and oxygen atoms in total. The van der Waals surface area contributed by atoms with Gasteiger partial charge in [-0.1, -0.05) is 76.6 Å². The Morgan fingerprint density at radius 2 is 1.09 bits per heavy atom. The van der Waals surface area contributed by atoms with E-state index >= 15 is 0 Å². The van der Waals surface area contributed by atoms with Crippen LogP contribution in [-0.4, -0.2) is 0 Å². The van der Waals surface area contributed by atoms with Crippen LogP contribution in [-0.2, 0) is 18.0 Å². The van der Waals surface area contributed by atoms with Crippen molar-refractivity contribution in [1.29, 1.82) is 0 Å². The van der Waals surface area contributed by atoms with Crippen LogP contribution in [0.1, 0.15) is 11.1 Å². The quantitative estimate of drug-likeness (QED) is 0.546. The average Bonchev–Trinajstić information content (AvgIpc) is 2.60. The molecular weight excluding hydrogens is 355 g/mol. The maximum absolute atomic E-state index is 12.1. The molecule has 3 rings (SSSR count). The summed E-state index contributed by atoms with van der Waals surface area (Å²) in [6, 6.07) is 26.6. The number of hydrogen-bond donors (Lipinski definition) is 0. The summed E-state index contributed by atoms with van der Waals surface area (Å²) in [5.41, 5.74) is 2.43. The van der Waals surface area contributed by atoms with Gasteiger partial charge in [0.1, 0.15) is 5.82 Å². The van der Waals surface area contributed by atoms with Gasteiger partial charge in [-0.05, 0) is 35.4 Å². The Kier molecular flexibility index (Phi) is 7.50. The zero-order chi connectivity index (χ0) is 16.3. The molecule has 0 bridgehead atoms. The van der Waals surface area contributed by atoms with Gasteiger partial charge in [-0.15, -0.1) is 0 Å². The van der Waals surface area contributed by atoms with Crippen LogP contribution in [0.25, 0.3) is 0 Å². The molecule has 0 atom stereocenters. The molecule has 3 aromatic carbocycles. The Morgan fingerprint density at radius 1 is 0.652 bits per heavy atom. The summed E-state index contributed by atoms with van der Waals surface area (Å²) in [4.78, 5) is 0. The second-order valence-corrected chi connectivity index (χ2v) is 5.82. The number of halogens is 2. The monoisotopic (exact) mass is 372 g/mol. The molecule has 0 saturated carbocycles. The highest BCUT2D eigenvalue weighted by atomic mass is 79.9. The first-order chi connectivity index (χ1) is 11.2. The van der Waals surface area contributed by atoms with E-state index in [1.165, 1.54) is 23.3 Å². The fraction of sp³-hybridized carbons (Fsp3) is 0.100. The van der Waals surface area contributed by atoms with Crippen molar-refractivity contribution in [2.24, 2.45) is 0 Å². The van der Waals surface area contributed by atoms with Crippen molar-refractivity contribution < 1.29 is 9.13 Å². The minimum atomic E-state index is -0.201. The molecule has 0 aliphatic heterocycles. The normalized spacial score (nSPS) is 9.83. The predicted octanol–water partition coefficient (Wildman–Crippen LogP) is 5.99. The summed E-state index contributed by atoms with van der Waals surface area (Å²) < 4.78 is 18.6. The summed E-state index contributed by atoms with van der Waals surface area (Å²) in [5.74, 6) is -0.201. The van der Waals surface area contributed by atoms with E-state index in [0.717, 1.165) is 4.47 Å². The topological polar surface area (TPSA) is 9.23 Å². The molecule has 0 aromatic heterocycles. The van der Waals surface area contributed by atoms with Crippen molar-refractivity contribution in [3.63, 3.8) is 0 Å². The van der Waals surface area contributed by atoms with Gasteiger partial charge in [0.25, 0.3) is 0 Å². The molecule has 0 saturated heterocycles. The van der Waals surface area contributed by atoms with Crippen LogP contribution in [0.15, 0.2) is 89.4 Å². The predicted molar refractivity (Wildman–Crippen MR) is 95.5 cm³/mol. The van der Waals surface area contributed by atoms with Crippen molar-refractivity contribution in [3.05, 3.63) is 106 Å². The standard InChI is InChI=1S/C14H14O.C6H4BrF/c1-3-7-13(8-4-1)11-15-12-14-9-5-2-6-10-14;7-5-1-3-6(8)4-2-5/h1-10H,11-12H2;1-4H. The van der Waals surface area contributed by atoms with Crippen LogP contribution in [0.4, 0.5) is 4.39 Å². The first-order valence-electron chi connectivity index (χ1n) is 7.31. The van der Waals surface area contributed by atoms with Crippen molar-refractivity contribution in [2.75, 3.05) is 0 Å². The van der Waals surface area contributed by atoms with Gasteiger partial charge >= 0.3 is 0 Å². The summed E-state index contributed by atoms with van der Waals surface area (Å²) in [7, 11) is 0. The third kappa shape index (κ3) is 7.22. The van der Waals surface area contributed by atoms with E-state index in [2.05, 4.69) is 40.2 Å². The van der Waals surface area contributed by atoms with Gasteiger partial charge in [-0.25, -0.2) is 4.39 Å². The molecule has 0 amide bonds. The molecule has 0 N–H and O–H groups in total. The Balaban J connectivity index is 0.000000203. The molecule has 0 unspecified atom stereocenters. The van der Waals surface area contributed by atoms with Crippen molar-refractivity contribution in [3.8, 4) is 0 Å². The number of rotatable bonds is 4. The second kappa shape index (κ2) is 9.93. The van der Waals surface area contributed by atoms with Crippen LogP contribution in [0.3, 0.4) is 0 Å². The summed E-state index contributed by atoms with van der Waals surface area (Å²) in [5, 5.41) is 0. The Bertz CT molecular complexity index is 609. The highest BCUT2D eigenvalue weighted by molar-refractivity contribution is 9.10. The molecule has 3 aromatic rings. The minimum absolute atomic E-state index is 0.201. The fourth-order valence-electron chi connectivity index (χ4n) is 1.86. The van der Waals surface area contributed by atoms with Crippen LogP contribution < -0.4 is 0 Å². The molecule has 3 heteroatoms. The lowest BCUT2D eigenvalue weighted by Gasteiger charge is -2.03. The van der Waals surface area contributed by atoms with Gasteiger partial charge in [0, 0.05) is 4.47 Å². The number of benzene rings is 3. The van der Waals surface area contributed by atoms with Crippen LogP contribution in [0.5, 0.6) is 0 Å². The van der Waals surface area contributed by atoms with Gasteiger partial charge < -0.3 is 4.74 Å². The zero-order valence-corrected chi connectivity index (χ0v) is 14.2. The highest BCUT2D eigenvalue weighted by Gasteiger charge is 1.93. The molecule has 0 aliphatic carbocycles. The highest BCUT2D eigenvalue weighted by Crippen LogP contribution is 2.08. The summed E-state index contributed by atoms with van der Waals surface area (Å²) in [6.45, 7) is 1.35. The Labute approximate surface area is 144 Å². The van der Waals surface area contributed by atoms with Crippen molar-refractivity contribution in [2.45, 2.75) is 13.2 Å². The lowest BCUT2D eigenvalue weighted by Crippen LogP contribution is -1.93. The van der Waals surface area contributed by atoms with Crippen molar-refractivity contribution >= 4 is 15.9 Å². The van der Waals surface area contributed by atoms with Gasteiger partial charge in [0.15, 0.2) is 0 Å². The van der Waals surface area contributed by atoms with E-state index in [1.54, 1.807) is 12.1 Å². The first kappa shape index (κ1) is 17.4. The molecular formula is C20H18BrFO. The fourth-order valence-corrected chi connectivity index (χ4v) is 2.13. The molecule has 0 fully saturated rings. The maximum Gasteiger partial charge on any atom is 0.123 e. The maximum atomic E-state index is 12.1. The third-order valence-corrected chi connectivity index (χ3v) is 3.56. The largest absolute Gasteiger partial charge is 0.372 e. The lowest BCUT2D eigenvalue weighted by atomic mass is 10.2. The second-order valence-electron chi connectivity index (χ2n) is 4.90. The molecule has 0 radical (unpaired) electrons. The van der Waals surface area contributed by atoms with Crippen LogP contribution in [0.2, 0.25) is 0 Å². The van der Waals surface area contributed by atoms with E-state index in [1.807, 2.05) is 36.4 Å². The first-order valence-corrected chi connectivity index (χ1v) is 8.10.